The summed E-state index contributed by atoms with van der Waals surface area (Å²) in [7, 11) is 0. The van der Waals surface area contributed by atoms with Crippen LogP contribution in [0.5, 0.6) is 0 Å². The van der Waals surface area contributed by atoms with Crippen molar-refractivity contribution in [3.05, 3.63) is 0 Å². The topological polar surface area (TPSA) is 0 Å². The lowest BCUT2D eigenvalue weighted by molar-refractivity contribution is -0.114. The van der Waals surface area contributed by atoms with Gasteiger partial charge in [-0.1, -0.05) is 53.4 Å². The first kappa shape index (κ1) is 17.4. The van der Waals surface area contributed by atoms with E-state index in [0.717, 1.165) is 40.9 Å². The molecule has 3 unspecified atom stereocenters. The lowest BCUT2D eigenvalue weighted by atomic mass is 9.44. The summed E-state index contributed by atoms with van der Waals surface area (Å²) in [5.41, 5.74) is 1.41. The molecule has 4 aliphatic carbocycles. The molecule has 0 aromatic carbocycles. The highest BCUT2D eigenvalue weighted by atomic mass is 14.6. The minimum Gasteiger partial charge on any atom is -0.0654 e. The summed E-state index contributed by atoms with van der Waals surface area (Å²) < 4.78 is 0. The summed E-state index contributed by atoms with van der Waals surface area (Å²) in [5, 5.41) is 0. The summed E-state index contributed by atoms with van der Waals surface area (Å²) in [5.74, 6) is 6.30. The van der Waals surface area contributed by atoms with Gasteiger partial charge in [0.1, 0.15) is 0 Å². The predicted octanol–water partition coefficient (Wildman–Crippen LogP) is 7.47. The van der Waals surface area contributed by atoms with Crippen LogP contribution in [0.15, 0.2) is 0 Å². The largest absolute Gasteiger partial charge is 0.0654 e. The Hall–Kier alpha value is 0. The molecule has 0 heterocycles. The van der Waals surface area contributed by atoms with Gasteiger partial charge in [-0.15, -0.1) is 0 Å². The van der Waals surface area contributed by atoms with Crippen molar-refractivity contribution in [2.75, 3.05) is 0 Å². The van der Waals surface area contributed by atoms with E-state index in [2.05, 4.69) is 27.7 Å². The van der Waals surface area contributed by atoms with Crippen molar-refractivity contribution in [1.29, 1.82) is 0 Å². The fraction of sp³-hybridized carbons (Fsp3) is 1.00. The summed E-state index contributed by atoms with van der Waals surface area (Å²) in [6.45, 7) is 10.4. The highest BCUT2D eigenvalue weighted by molar-refractivity contribution is 5.09. The van der Waals surface area contributed by atoms with Crippen molar-refractivity contribution in [3.63, 3.8) is 0 Å². The van der Waals surface area contributed by atoms with E-state index in [0.29, 0.717) is 5.41 Å². The summed E-state index contributed by atoms with van der Waals surface area (Å²) >= 11 is 0. The van der Waals surface area contributed by atoms with E-state index in [1.807, 2.05) is 0 Å². The Bertz CT molecular complexity index is 453. The van der Waals surface area contributed by atoms with Crippen LogP contribution in [0.2, 0.25) is 0 Å². The molecule has 4 saturated carbocycles. The van der Waals surface area contributed by atoms with Crippen LogP contribution in [0.25, 0.3) is 0 Å². The number of hydrogen-bond donors (Lipinski definition) is 0. The van der Waals surface area contributed by atoms with E-state index in [1.165, 1.54) is 25.7 Å². The Morgan fingerprint density at radius 1 is 0.833 bits per heavy atom. The number of hydrogen-bond acceptors (Lipinski definition) is 0. The van der Waals surface area contributed by atoms with E-state index in [-0.39, 0.29) is 0 Å². The van der Waals surface area contributed by atoms with E-state index < -0.39 is 0 Å². The molecule has 0 radical (unpaired) electrons. The van der Waals surface area contributed by atoms with Gasteiger partial charge in [0.2, 0.25) is 0 Å². The molecule has 0 aromatic rings. The molecular formula is C24H42. The third-order valence-corrected chi connectivity index (χ3v) is 10.1. The molecule has 138 valence electrons. The average molecular weight is 331 g/mol. The minimum atomic E-state index is 0.688. The molecule has 0 heteroatoms. The molecule has 0 aromatic heterocycles. The maximum Gasteiger partial charge on any atom is -0.0264 e. The molecule has 8 atom stereocenters. The molecule has 0 aliphatic heterocycles. The van der Waals surface area contributed by atoms with Crippen molar-refractivity contribution in [1.82, 2.24) is 0 Å². The SMILES string of the molecule is CCC[C@@H](C)[C@H]1CCC2C3CC[C@@H]4CCCC[C@]4(C)C3CC[C@@]21C. The second-order valence-electron chi connectivity index (χ2n) is 10.9. The third-order valence-electron chi connectivity index (χ3n) is 10.1. The zero-order valence-corrected chi connectivity index (χ0v) is 16.9. The third kappa shape index (κ3) is 2.44. The normalized spacial score (nSPS) is 52.2. The van der Waals surface area contributed by atoms with Crippen molar-refractivity contribution in [2.45, 2.75) is 105 Å². The molecule has 0 bridgehead atoms. The van der Waals surface area contributed by atoms with E-state index >= 15 is 0 Å². The van der Waals surface area contributed by atoms with E-state index in [9.17, 15) is 0 Å². The molecule has 24 heavy (non-hydrogen) atoms. The van der Waals surface area contributed by atoms with Crippen LogP contribution in [0.4, 0.5) is 0 Å². The van der Waals surface area contributed by atoms with Crippen LogP contribution in [-0.4, -0.2) is 0 Å². The van der Waals surface area contributed by atoms with Crippen molar-refractivity contribution in [3.8, 4) is 0 Å². The summed E-state index contributed by atoms with van der Waals surface area (Å²) in [4.78, 5) is 0. The van der Waals surface area contributed by atoms with Gasteiger partial charge in [-0.05, 0) is 97.7 Å². The average Bonchev–Trinajstić information content (AvgIpc) is 2.92. The Balaban J connectivity index is 1.57. The van der Waals surface area contributed by atoms with Gasteiger partial charge in [0, 0.05) is 0 Å². The maximum absolute atomic E-state index is 2.73. The monoisotopic (exact) mass is 330 g/mol. The zero-order valence-electron chi connectivity index (χ0n) is 16.9. The van der Waals surface area contributed by atoms with Gasteiger partial charge < -0.3 is 0 Å². The van der Waals surface area contributed by atoms with Gasteiger partial charge in [0.15, 0.2) is 0 Å². The molecule has 0 nitrogen and oxygen atoms in total. The lowest BCUT2D eigenvalue weighted by Crippen LogP contribution is -2.53. The highest BCUT2D eigenvalue weighted by Gasteiger charge is 2.59. The fourth-order valence-electron chi connectivity index (χ4n) is 8.93. The molecule has 0 spiro atoms. The summed E-state index contributed by atoms with van der Waals surface area (Å²) in [6, 6.07) is 0. The standard InChI is InChI=1S/C24H42/c1-5-8-17(2)20-12-13-21-19-11-10-18-9-6-7-15-23(18,3)22(19)14-16-24(20,21)4/h17-22H,5-16H2,1-4H3/t17-,18+,19?,20-,21?,22?,23+,24-/m1/s1. The van der Waals surface area contributed by atoms with Crippen LogP contribution in [0, 0.1) is 46.3 Å². The lowest BCUT2D eigenvalue weighted by Gasteiger charge is -2.61. The summed E-state index contributed by atoms with van der Waals surface area (Å²) in [6.07, 6.45) is 18.4. The second kappa shape index (κ2) is 6.31. The van der Waals surface area contributed by atoms with Crippen LogP contribution < -0.4 is 0 Å². The molecule has 0 saturated heterocycles. The molecule has 0 amide bonds. The first-order chi connectivity index (χ1) is 11.5. The van der Waals surface area contributed by atoms with Crippen LogP contribution in [0.1, 0.15) is 105 Å². The second-order valence-corrected chi connectivity index (χ2v) is 10.9. The van der Waals surface area contributed by atoms with E-state index in [1.54, 1.807) is 51.4 Å². The van der Waals surface area contributed by atoms with Crippen LogP contribution in [-0.2, 0) is 0 Å². The number of fused-ring (bicyclic) bond motifs is 5. The van der Waals surface area contributed by atoms with Gasteiger partial charge in [-0.25, -0.2) is 0 Å². The van der Waals surface area contributed by atoms with Gasteiger partial charge in [0.05, 0.1) is 0 Å². The van der Waals surface area contributed by atoms with Gasteiger partial charge in [-0.2, -0.15) is 0 Å². The predicted molar refractivity (Wildman–Crippen MR) is 104 cm³/mol. The minimum absolute atomic E-state index is 0.688. The molecule has 4 rings (SSSR count). The van der Waals surface area contributed by atoms with Crippen molar-refractivity contribution < 1.29 is 0 Å². The van der Waals surface area contributed by atoms with Crippen molar-refractivity contribution >= 4 is 0 Å². The molecule has 4 fully saturated rings. The fourth-order valence-corrected chi connectivity index (χ4v) is 8.93. The first-order valence-corrected chi connectivity index (χ1v) is 11.5. The van der Waals surface area contributed by atoms with Crippen LogP contribution >= 0.6 is 0 Å². The van der Waals surface area contributed by atoms with E-state index in [4.69, 9.17) is 0 Å². The van der Waals surface area contributed by atoms with Gasteiger partial charge in [0.25, 0.3) is 0 Å². The van der Waals surface area contributed by atoms with Gasteiger partial charge >= 0.3 is 0 Å². The van der Waals surface area contributed by atoms with Gasteiger partial charge in [-0.3, -0.25) is 0 Å². The smallest absolute Gasteiger partial charge is 0.0264 e. The quantitative estimate of drug-likeness (QED) is 0.503. The Morgan fingerprint density at radius 3 is 2.42 bits per heavy atom. The first-order valence-electron chi connectivity index (χ1n) is 11.5. The Kier molecular flexibility index (Phi) is 4.58. The molecular weight excluding hydrogens is 288 g/mol. The zero-order chi connectivity index (χ0) is 16.9. The number of rotatable bonds is 3. The van der Waals surface area contributed by atoms with Crippen LogP contribution in [0.3, 0.4) is 0 Å². The molecule has 4 aliphatic rings. The van der Waals surface area contributed by atoms with Crippen molar-refractivity contribution in [2.24, 2.45) is 46.3 Å². The highest BCUT2D eigenvalue weighted by Crippen LogP contribution is 2.68. The Labute approximate surface area is 151 Å². The maximum atomic E-state index is 2.73. The Morgan fingerprint density at radius 2 is 1.62 bits per heavy atom. The molecule has 0 N–H and O–H groups in total.